The number of urea groups is 1. The molecule has 0 aromatic heterocycles. The van der Waals surface area contributed by atoms with Gasteiger partial charge >= 0.3 is 12.0 Å². The number of amides is 3. The third-order valence-corrected chi connectivity index (χ3v) is 4.57. The summed E-state index contributed by atoms with van der Waals surface area (Å²) in [4.78, 5) is 37.4. The first-order valence-electron chi connectivity index (χ1n) is 9.11. The molecule has 1 saturated heterocycles. The number of hydrogen-bond donors (Lipinski definition) is 3. The van der Waals surface area contributed by atoms with Gasteiger partial charge in [0, 0.05) is 24.7 Å². The summed E-state index contributed by atoms with van der Waals surface area (Å²) in [6.07, 6.45) is 1.34. The average molecular weight is 379 g/mol. The Balaban J connectivity index is 1.83. The number of anilines is 1. The number of piperidine rings is 1. The van der Waals surface area contributed by atoms with Crippen LogP contribution in [-0.4, -0.2) is 47.0 Å². The highest BCUT2D eigenvalue weighted by Gasteiger charge is 2.29. The van der Waals surface area contributed by atoms with Crippen LogP contribution in [0.25, 0.3) is 0 Å². The van der Waals surface area contributed by atoms with E-state index in [0.29, 0.717) is 38.0 Å². The van der Waals surface area contributed by atoms with Gasteiger partial charge in [0.25, 0.3) is 0 Å². The van der Waals surface area contributed by atoms with E-state index in [1.807, 2.05) is 13.8 Å². The van der Waals surface area contributed by atoms with Crippen molar-refractivity contribution in [1.82, 2.24) is 10.2 Å². The van der Waals surface area contributed by atoms with Crippen molar-refractivity contribution in [2.24, 2.45) is 11.8 Å². The molecule has 7 nitrogen and oxygen atoms in total. The van der Waals surface area contributed by atoms with Crippen LogP contribution in [0.15, 0.2) is 24.3 Å². The van der Waals surface area contributed by atoms with E-state index >= 15 is 0 Å². The van der Waals surface area contributed by atoms with Crippen molar-refractivity contribution in [3.05, 3.63) is 30.1 Å². The van der Waals surface area contributed by atoms with Crippen molar-refractivity contribution in [3.8, 4) is 0 Å². The van der Waals surface area contributed by atoms with Crippen LogP contribution in [-0.2, 0) is 9.59 Å². The maximum absolute atomic E-state index is 12.9. The summed E-state index contributed by atoms with van der Waals surface area (Å²) in [5.41, 5.74) is 0.527. The Hall–Kier alpha value is -2.64. The summed E-state index contributed by atoms with van der Waals surface area (Å²) in [6, 6.07) is 4.21. The Morgan fingerprint density at radius 3 is 2.30 bits per heavy atom. The summed E-state index contributed by atoms with van der Waals surface area (Å²) in [5, 5.41) is 14.5. The maximum atomic E-state index is 12.9. The number of benzene rings is 1. The molecule has 1 aromatic rings. The molecule has 1 heterocycles. The second kappa shape index (κ2) is 9.34. The largest absolute Gasteiger partial charge is 0.480 e. The van der Waals surface area contributed by atoms with Crippen molar-refractivity contribution < 1.29 is 23.9 Å². The predicted molar refractivity (Wildman–Crippen MR) is 98.7 cm³/mol. The third kappa shape index (κ3) is 6.23. The fraction of sp³-hybridized carbons (Fsp3) is 0.526. The molecule has 1 atom stereocenters. The van der Waals surface area contributed by atoms with Gasteiger partial charge in [-0.05, 0) is 49.4 Å². The molecule has 1 aliphatic rings. The predicted octanol–water partition coefficient (Wildman–Crippen LogP) is 2.69. The van der Waals surface area contributed by atoms with E-state index in [9.17, 15) is 23.9 Å². The molecule has 3 N–H and O–H groups in total. The van der Waals surface area contributed by atoms with Crippen LogP contribution in [0.3, 0.4) is 0 Å². The van der Waals surface area contributed by atoms with Crippen LogP contribution in [0.1, 0.15) is 33.1 Å². The van der Waals surface area contributed by atoms with Gasteiger partial charge in [0.05, 0.1) is 0 Å². The summed E-state index contributed by atoms with van der Waals surface area (Å²) >= 11 is 0. The number of halogens is 1. The minimum absolute atomic E-state index is 0.146. The van der Waals surface area contributed by atoms with Gasteiger partial charge in [-0.15, -0.1) is 0 Å². The van der Waals surface area contributed by atoms with Crippen LogP contribution in [0.5, 0.6) is 0 Å². The fourth-order valence-electron chi connectivity index (χ4n) is 3.06. The van der Waals surface area contributed by atoms with Crippen molar-refractivity contribution >= 4 is 23.6 Å². The molecule has 8 heteroatoms. The van der Waals surface area contributed by atoms with Gasteiger partial charge in [-0.3, -0.25) is 4.79 Å². The average Bonchev–Trinajstić information content (AvgIpc) is 2.62. The highest BCUT2D eigenvalue weighted by atomic mass is 19.1. The van der Waals surface area contributed by atoms with Crippen molar-refractivity contribution in [1.29, 1.82) is 0 Å². The van der Waals surface area contributed by atoms with Crippen molar-refractivity contribution in [2.75, 3.05) is 18.4 Å². The van der Waals surface area contributed by atoms with E-state index in [1.165, 1.54) is 29.2 Å². The zero-order valence-corrected chi connectivity index (χ0v) is 15.6. The number of carbonyl (C=O) groups excluding carboxylic acids is 2. The molecule has 2 rings (SSSR count). The van der Waals surface area contributed by atoms with Crippen LogP contribution < -0.4 is 10.6 Å². The van der Waals surface area contributed by atoms with Gasteiger partial charge in [-0.2, -0.15) is 0 Å². The van der Waals surface area contributed by atoms with Crippen LogP contribution in [0, 0.1) is 17.7 Å². The third-order valence-electron chi connectivity index (χ3n) is 4.57. The van der Waals surface area contributed by atoms with Gasteiger partial charge in [0.1, 0.15) is 11.9 Å². The topological polar surface area (TPSA) is 98.7 Å². The number of aliphatic carboxylic acids is 1. The van der Waals surface area contributed by atoms with E-state index in [0.717, 1.165) is 0 Å². The standard InChI is InChI=1S/C19H26FN3O4/c1-12(2)11-16(18(25)26)22-19(27)23-9-7-13(8-10-23)17(24)21-15-5-3-14(20)4-6-15/h3-6,12-13,16H,7-11H2,1-2H3,(H,21,24)(H,22,27)(H,25,26)/t16-/m0/s1. The van der Waals surface area contributed by atoms with Gasteiger partial charge in [-0.25, -0.2) is 14.0 Å². The maximum Gasteiger partial charge on any atom is 0.326 e. The van der Waals surface area contributed by atoms with Crippen molar-refractivity contribution in [3.63, 3.8) is 0 Å². The molecule has 0 aliphatic carbocycles. The van der Waals surface area contributed by atoms with E-state index < -0.39 is 18.0 Å². The zero-order valence-electron chi connectivity index (χ0n) is 15.6. The first kappa shape index (κ1) is 20.7. The van der Waals surface area contributed by atoms with Crippen LogP contribution >= 0.6 is 0 Å². The molecule has 0 bridgehead atoms. The minimum Gasteiger partial charge on any atom is -0.480 e. The van der Waals surface area contributed by atoms with Crippen molar-refractivity contribution in [2.45, 2.75) is 39.2 Å². The molecule has 0 saturated carbocycles. The second-order valence-electron chi connectivity index (χ2n) is 7.23. The quantitative estimate of drug-likeness (QED) is 0.708. The molecule has 0 radical (unpaired) electrons. The molecule has 1 fully saturated rings. The zero-order chi connectivity index (χ0) is 20.0. The lowest BCUT2D eigenvalue weighted by atomic mass is 9.96. The Labute approximate surface area is 157 Å². The van der Waals surface area contributed by atoms with Gasteiger partial charge in [0.2, 0.25) is 5.91 Å². The fourth-order valence-corrected chi connectivity index (χ4v) is 3.06. The first-order chi connectivity index (χ1) is 12.8. The number of nitrogens with zero attached hydrogens (tertiary/aromatic N) is 1. The molecule has 1 aromatic carbocycles. The van der Waals surface area contributed by atoms with E-state index in [1.54, 1.807) is 0 Å². The molecule has 3 amide bonds. The van der Waals surface area contributed by atoms with Gasteiger partial charge in [-0.1, -0.05) is 13.8 Å². The molecule has 1 aliphatic heterocycles. The number of nitrogens with one attached hydrogen (secondary N) is 2. The summed E-state index contributed by atoms with van der Waals surface area (Å²) in [6.45, 7) is 4.54. The molecule has 27 heavy (non-hydrogen) atoms. The number of carbonyl (C=O) groups is 3. The van der Waals surface area contributed by atoms with Gasteiger partial charge in [0.15, 0.2) is 0 Å². The van der Waals surface area contributed by atoms with Crippen LogP contribution in [0.4, 0.5) is 14.9 Å². The number of likely N-dealkylation sites (tertiary alicyclic amines) is 1. The molecular weight excluding hydrogens is 353 g/mol. The highest BCUT2D eigenvalue weighted by molar-refractivity contribution is 5.92. The summed E-state index contributed by atoms with van der Waals surface area (Å²) < 4.78 is 12.9. The SMILES string of the molecule is CC(C)C[C@H](NC(=O)N1CCC(C(=O)Nc2ccc(F)cc2)CC1)C(=O)O. The summed E-state index contributed by atoms with van der Waals surface area (Å²) in [7, 11) is 0. The monoisotopic (exact) mass is 379 g/mol. The Bertz CT molecular complexity index is 670. The lowest BCUT2D eigenvalue weighted by Gasteiger charge is -2.32. The summed E-state index contributed by atoms with van der Waals surface area (Å²) in [5.74, 6) is -1.68. The normalized spacial score (nSPS) is 16.1. The highest BCUT2D eigenvalue weighted by Crippen LogP contribution is 2.20. The minimum atomic E-state index is -1.05. The molecule has 0 spiro atoms. The second-order valence-corrected chi connectivity index (χ2v) is 7.23. The van der Waals surface area contributed by atoms with E-state index in [2.05, 4.69) is 10.6 Å². The van der Waals surface area contributed by atoms with Crippen LogP contribution in [0.2, 0.25) is 0 Å². The first-order valence-corrected chi connectivity index (χ1v) is 9.11. The Morgan fingerprint density at radius 2 is 1.78 bits per heavy atom. The number of carboxylic acid groups (broad SMARTS) is 1. The Morgan fingerprint density at radius 1 is 1.19 bits per heavy atom. The molecule has 148 valence electrons. The van der Waals surface area contributed by atoms with E-state index in [4.69, 9.17) is 0 Å². The van der Waals surface area contributed by atoms with Gasteiger partial charge < -0.3 is 20.6 Å². The lowest BCUT2D eigenvalue weighted by molar-refractivity contribution is -0.139. The number of hydrogen-bond acceptors (Lipinski definition) is 3. The lowest BCUT2D eigenvalue weighted by Crippen LogP contribution is -2.51. The number of rotatable bonds is 6. The smallest absolute Gasteiger partial charge is 0.326 e. The van der Waals surface area contributed by atoms with E-state index in [-0.39, 0.29) is 23.6 Å². The molecule has 0 unspecified atom stereocenters. The number of carboxylic acids is 1. The Kier molecular flexibility index (Phi) is 7.15. The molecular formula is C19H26FN3O4.